The molecule has 0 spiro atoms. The first-order valence-electron chi connectivity index (χ1n) is 8.52. The molecule has 3 rings (SSSR count). The molecule has 2 aromatic rings. The van der Waals surface area contributed by atoms with Crippen molar-refractivity contribution in [3.05, 3.63) is 42.2 Å². The molecule has 1 aliphatic heterocycles. The number of nitrogens with two attached hydrogens (primary N) is 1. The van der Waals surface area contributed by atoms with Crippen molar-refractivity contribution < 1.29 is 14.3 Å². The topological polar surface area (TPSA) is 77.7 Å². The number of hydrogen-bond donors (Lipinski definition) is 1. The van der Waals surface area contributed by atoms with Crippen LogP contribution < -0.4 is 5.73 Å². The molecule has 0 radical (unpaired) electrons. The first kappa shape index (κ1) is 17.6. The van der Waals surface area contributed by atoms with Gasteiger partial charge in [-0.1, -0.05) is 24.3 Å². The van der Waals surface area contributed by atoms with E-state index in [1.807, 2.05) is 51.2 Å². The number of carbonyl (C=O) groups excluding carboxylic acids is 1. The zero-order valence-electron chi connectivity index (χ0n) is 14.9. The van der Waals surface area contributed by atoms with E-state index in [1.165, 1.54) is 0 Å². The van der Waals surface area contributed by atoms with Crippen LogP contribution in [0, 0.1) is 0 Å². The molecule has 6 nitrogen and oxygen atoms in total. The van der Waals surface area contributed by atoms with Crippen molar-refractivity contribution in [3.63, 3.8) is 0 Å². The zero-order valence-corrected chi connectivity index (χ0v) is 14.9. The highest BCUT2D eigenvalue weighted by atomic mass is 16.6. The van der Waals surface area contributed by atoms with E-state index in [9.17, 15) is 4.79 Å². The summed E-state index contributed by atoms with van der Waals surface area (Å²) in [6.07, 6.45) is 3.23. The Balaban J connectivity index is 1.90. The highest BCUT2D eigenvalue weighted by molar-refractivity contribution is 5.85. The van der Waals surface area contributed by atoms with Gasteiger partial charge in [-0.25, -0.2) is 4.79 Å². The largest absolute Gasteiger partial charge is 0.444 e. The lowest BCUT2D eigenvalue weighted by atomic mass is 9.95. The molecule has 2 heterocycles. The van der Waals surface area contributed by atoms with E-state index in [1.54, 1.807) is 11.1 Å². The molecule has 1 saturated heterocycles. The van der Waals surface area contributed by atoms with Gasteiger partial charge in [-0.2, -0.15) is 0 Å². The third kappa shape index (κ3) is 3.91. The van der Waals surface area contributed by atoms with Gasteiger partial charge in [-0.15, -0.1) is 0 Å². The van der Waals surface area contributed by atoms with Crippen molar-refractivity contribution in [1.29, 1.82) is 0 Å². The Labute approximate surface area is 147 Å². The maximum atomic E-state index is 12.6. The minimum atomic E-state index is -0.551. The molecule has 1 aromatic heterocycles. The summed E-state index contributed by atoms with van der Waals surface area (Å²) < 4.78 is 11.1. The maximum absolute atomic E-state index is 12.6. The average molecular weight is 343 g/mol. The summed E-state index contributed by atoms with van der Waals surface area (Å²) in [6, 6.07) is 7.26. The molecule has 2 N–H and O–H groups in total. The van der Waals surface area contributed by atoms with Crippen molar-refractivity contribution in [2.24, 2.45) is 5.73 Å². The molecule has 134 valence electrons. The molecule has 2 unspecified atom stereocenters. The fraction of sp³-hybridized carbons (Fsp3) is 0.474. The fourth-order valence-electron chi connectivity index (χ4n) is 3.08. The van der Waals surface area contributed by atoms with Gasteiger partial charge in [0.25, 0.3) is 0 Å². The SMILES string of the molecule is CC(C)(C)OC(=O)N1CCOCC1C(N)c1cncc2ccccc12. The van der Waals surface area contributed by atoms with Crippen molar-refractivity contribution in [1.82, 2.24) is 9.88 Å². The van der Waals surface area contributed by atoms with Gasteiger partial charge >= 0.3 is 6.09 Å². The summed E-state index contributed by atoms with van der Waals surface area (Å²) in [5.74, 6) is 0. The molecule has 0 saturated carbocycles. The van der Waals surface area contributed by atoms with Crippen LogP contribution in [0.5, 0.6) is 0 Å². The van der Waals surface area contributed by atoms with Gasteiger partial charge in [0.2, 0.25) is 0 Å². The molecule has 1 fully saturated rings. The first-order valence-corrected chi connectivity index (χ1v) is 8.52. The molecule has 0 aliphatic carbocycles. The van der Waals surface area contributed by atoms with Crippen LogP contribution >= 0.6 is 0 Å². The molecule has 1 aliphatic rings. The molecule has 0 bridgehead atoms. The van der Waals surface area contributed by atoms with Crippen LogP contribution in [0.25, 0.3) is 10.8 Å². The van der Waals surface area contributed by atoms with Crippen LogP contribution in [0.4, 0.5) is 4.79 Å². The van der Waals surface area contributed by atoms with E-state index >= 15 is 0 Å². The predicted octanol–water partition coefficient (Wildman–Crippen LogP) is 2.87. The lowest BCUT2D eigenvalue weighted by Gasteiger charge is -2.39. The molecular weight excluding hydrogens is 318 g/mol. The number of nitrogens with zero attached hydrogens (tertiary/aromatic N) is 2. The van der Waals surface area contributed by atoms with E-state index < -0.39 is 11.6 Å². The van der Waals surface area contributed by atoms with E-state index in [2.05, 4.69) is 4.98 Å². The summed E-state index contributed by atoms with van der Waals surface area (Å²) in [6.45, 7) is 6.89. The summed E-state index contributed by atoms with van der Waals surface area (Å²) in [7, 11) is 0. The average Bonchev–Trinajstić information content (AvgIpc) is 2.59. The van der Waals surface area contributed by atoms with Crippen LogP contribution in [0.3, 0.4) is 0 Å². The second-order valence-electron chi connectivity index (χ2n) is 7.29. The Hall–Kier alpha value is -2.18. The van der Waals surface area contributed by atoms with Crippen LogP contribution in [0.15, 0.2) is 36.7 Å². The van der Waals surface area contributed by atoms with Crippen LogP contribution in [0.2, 0.25) is 0 Å². The van der Waals surface area contributed by atoms with Gasteiger partial charge in [-0.3, -0.25) is 9.88 Å². The number of morpholine rings is 1. The standard InChI is InChI=1S/C19H25N3O3/c1-19(2,3)25-18(23)22-8-9-24-12-16(22)17(20)15-11-21-10-13-6-4-5-7-14(13)15/h4-7,10-11,16-17H,8-9,12,20H2,1-3H3. The fourth-order valence-corrected chi connectivity index (χ4v) is 3.08. The monoisotopic (exact) mass is 343 g/mol. The van der Waals surface area contributed by atoms with Crippen molar-refractivity contribution >= 4 is 16.9 Å². The van der Waals surface area contributed by atoms with E-state index in [0.29, 0.717) is 19.8 Å². The Morgan fingerprint density at radius 2 is 2.12 bits per heavy atom. The third-order valence-electron chi connectivity index (χ3n) is 4.27. The maximum Gasteiger partial charge on any atom is 0.410 e. The van der Waals surface area contributed by atoms with Gasteiger partial charge in [0.1, 0.15) is 5.60 Å². The molecule has 2 atom stereocenters. The number of fused-ring (bicyclic) bond motifs is 1. The third-order valence-corrected chi connectivity index (χ3v) is 4.27. The first-order chi connectivity index (χ1) is 11.9. The molecule has 1 amide bonds. The van der Waals surface area contributed by atoms with Crippen LogP contribution in [-0.4, -0.2) is 47.4 Å². The molecule has 25 heavy (non-hydrogen) atoms. The van der Waals surface area contributed by atoms with E-state index in [0.717, 1.165) is 16.3 Å². The van der Waals surface area contributed by atoms with Gasteiger partial charge in [0.05, 0.1) is 25.3 Å². The Morgan fingerprint density at radius 3 is 2.88 bits per heavy atom. The molecular formula is C19H25N3O3. The smallest absolute Gasteiger partial charge is 0.410 e. The number of carbonyl (C=O) groups is 1. The second-order valence-corrected chi connectivity index (χ2v) is 7.29. The Bertz CT molecular complexity index is 752. The van der Waals surface area contributed by atoms with Crippen LogP contribution in [-0.2, 0) is 9.47 Å². The minimum absolute atomic E-state index is 0.295. The Kier molecular flexibility index (Phi) is 4.92. The second kappa shape index (κ2) is 6.98. The Morgan fingerprint density at radius 1 is 1.36 bits per heavy atom. The van der Waals surface area contributed by atoms with E-state index in [-0.39, 0.29) is 12.1 Å². The van der Waals surface area contributed by atoms with Gasteiger partial charge in [-0.05, 0) is 31.7 Å². The predicted molar refractivity (Wildman–Crippen MR) is 96.2 cm³/mol. The molecule has 6 heteroatoms. The minimum Gasteiger partial charge on any atom is -0.444 e. The molecule has 1 aromatic carbocycles. The normalized spacial score (nSPS) is 19.7. The lowest BCUT2D eigenvalue weighted by molar-refractivity contribution is -0.0381. The summed E-state index contributed by atoms with van der Waals surface area (Å²) >= 11 is 0. The van der Waals surface area contributed by atoms with Crippen molar-refractivity contribution in [2.45, 2.75) is 38.5 Å². The summed E-state index contributed by atoms with van der Waals surface area (Å²) in [5, 5.41) is 2.07. The highest BCUT2D eigenvalue weighted by Crippen LogP contribution is 2.28. The highest BCUT2D eigenvalue weighted by Gasteiger charge is 2.35. The van der Waals surface area contributed by atoms with Gasteiger partial charge in [0, 0.05) is 24.3 Å². The quantitative estimate of drug-likeness (QED) is 0.907. The van der Waals surface area contributed by atoms with Gasteiger partial charge < -0.3 is 15.2 Å². The summed E-state index contributed by atoms with van der Waals surface area (Å²) in [4.78, 5) is 18.6. The number of ether oxygens (including phenoxy) is 2. The van der Waals surface area contributed by atoms with Crippen molar-refractivity contribution in [3.8, 4) is 0 Å². The van der Waals surface area contributed by atoms with Crippen LogP contribution in [0.1, 0.15) is 32.4 Å². The number of aromatic nitrogens is 1. The number of benzene rings is 1. The lowest BCUT2D eigenvalue weighted by Crippen LogP contribution is -2.54. The zero-order chi connectivity index (χ0) is 18.0. The van der Waals surface area contributed by atoms with E-state index in [4.69, 9.17) is 15.2 Å². The number of rotatable bonds is 2. The number of pyridine rings is 1. The number of amides is 1. The van der Waals surface area contributed by atoms with Gasteiger partial charge in [0.15, 0.2) is 0 Å². The number of hydrogen-bond acceptors (Lipinski definition) is 5. The van der Waals surface area contributed by atoms with Crippen molar-refractivity contribution in [2.75, 3.05) is 19.8 Å². The summed E-state index contributed by atoms with van der Waals surface area (Å²) in [5.41, 5.74) is 6.91.